The molecule has 0 saturated carbocycles. The minimum atomic E-state index is -0.314. The van der Waals surface area contributed by atoms with Gasteiger partial charge in [-0.3, -0.25) is 4.79 Å². The lowest BCUT2D eigenvalue weighted by Crippen LogP contribution is -2.44. The number of carbonyl (C=O) groups is 1. The van der Waals surface area contributed by atoms with Gasteiger partial charge in [-0.1, -0.05) is 36.4 Å². The molecule has 0 spiro atoms. The number of halogens is 1. The molecule has 0 bridgehead atoms. The number of hydrogen-bond acceptors (Lipinski definition) is 3. The Hall–Kier alpha value is -3.23. The summed E-state index contributed by atoms with van der Waals surface area (Å²) in [5.74, 6) is -0.165. The SMILES string of the molecule is Cc1cc(C2(CC(=O)N(C)C(C)c3cc(C#N)cc4ccccc34)CCNCC2)ccc1F. The van der Waals surface area contributed by atoms with Gasteiger partial charge in [0.05, 0.1) is 17.7 Å². The van der Waals surface area contributed by atoms with E-state index in [2.05, 4.69) is 11.4 Å². The van der Waals surface area contributed by atoms with Crippen LogP contribution in [0.2, 0.25) is 0 Å². The van der Waals surface area contributed by atoms with Crippen LogP contribution < -0.4 is 5.32 Å². The molecule has 0 aromatic heterocycles. The number of nitriles is 1. The summed E-state index contributed by atoms with van der Waals surface area (Å²) in [7, 11) is 1.84. The van der Waals surface area contributed by atoms with Crippen molar-refractivity contribution in [3.63, 3.8) is 0 Å². The molecule has 1 saturated heterocycles. The molecule has 3 aromatic carbocycles. The quantitative estimate of drug-likeness (QED) is 0.575. The average molecular weight is 444 g/mol. The zero-order valence-electron chi connectivity index (χ0n) is 19.5. The molecule has 0 aliphatic carbocycles. The van der Waals surface area contributed by atoms with Crippen LogP contribution >= 0.6 is 0 Å². The van der Waals surface area contributed by atoms with Crippen LogP contribution in [-0.2, 0) is 10.2 Å². The maximum absolute atomic E-state index is 14.0. The topological polar surface area (TPSA) is 56.1 Å². The predicted octanol–water partition coefficient (Wildman–Crippen LogP) is 5.39. The van der Waals surface area contributed by atoms with Crippen molar-refractivity contribution in [3.05, 3.63) is 82.7 Å². The van der Waals surface area contributed by atoms with Crippen molar-refractivity contribution in [2.75, 3.05) is 20.1 Å². The van der Waals surface area contributed by atoms with Gasteiger partial charge >= 0.3 is 0 Å². The molecular formula is C28H30FN3O. The number of aryl methyl sites for hydroxylation is 1. The lowest BCUT2D eigenvalue weighted by molar-refractivity contribution is -0.133. The van der Waals surface area contributed by atoms with E-state index >= 15 is 0 Å². The van der Waals surface area contributed by atoms with Gasteiger partial charge in [-0.05, 0) is 85.4 Å². The number of nitrogens with zero attached hydrogens (tertiary/aromatic N) is 2. The van der Waals surface area contributed by atoms with E-state index in [9.17, 15) is 14.4 Å². The van der Waals surface area contributed by atoms with Crippen LogP contribution in [0.3, 0.4) is 0 Å². The van der Waals surface area contributed by atoms with Crippen LogP contribution in [0.4, 0.5) is 4.39 Å². The Morgan fingerprint density at radius 2 is 1.91 bits per heavy atom. The fourth-order valence-electron chi connectivity index (χ4n) is 5.04. The van der Waals surface area contributed by atoms with E-state index in [-0.39, 0.29) is 23.2 Å². The zero-order valence-corrected chi connectivity index (χ0v) is 19.5. The molecule has 5 heteroatoms. The highest BCUT2D eigenvalue weighted by molar-refractivity contribution is 5.88. The van der Waals surface area contributed by atoms with Crippen molar-refractivity contribution in [2.45, 2.75) is 44.6 Å². The third-order valence-corrected chi connectivity index (χ3v) is 7.27. The molecule has 1 aliphatic rings. The molecule has 170 valence electrons. The first-order chi connectivity index (χ1) is 15.8. The smallest absolute Gasteiger partial charge is 0.223 e. The van der Waals surface area contributed by atoms with Gasteiger partial charge in [0.15, 0.2) is 0 Å². The van der Waals surface area contributed by atoms with Crippen molar-refractivity contribution in [1.82, 2.24) is 10.2 Å². The Kier molecular flexibility index (Phi) is 6.49. The zero-order chi connectivity index (χ0) is 23.6. The number of nitrogens with one attached hydrogen (secondary N) is 1. The van der Waals surface area contributed by atoms with Gasteiger partial charge in [0.1, 0.15) is 5.82 Å². The summed E-state index contributed by atoms with van der Waals surface area (Å²) >= 11 is 0. The van der Waals surface area contributed by atoms with Gasteiger partial charge < -0.3 is 10.2 Å². The third-order valence-electron chi connectivity index (χ3n) is 7.27. The molecule has 1 fully saturated rings. The normalized spacial score (nSPS) is 16.2. The van der Waals surface area contributed by atoms with Gasteiger partial charge in [-0.25, -0.2) is 4.39 Å². The number of fused-ring (bicyclic) bond motifs is 1. The largest absolute Gasteiger partial charge is 0.339 e. The molecule has 3 aromatic rings. The number of benzene rings is 3. The molecule has 0 radical (unpaired) electrons. The second kappa shape index (κ2) is 9.33. The molecule has 1 heterocycles. The monoisotopic (exact) mass is 443 g/mol. The summed E-state index contributed by atoms with van der Waals surface area (Å²) in [4.78, 5) is 15.4. The highest BCUT2D eigenvalue weighted by atomic mass is 19.1. The molecule has 1 atom stereocenters. The number of rotatable bonds is 5. The van der Waals surface area contributed by atoms with Gasteiger partial charge in [0.2, 0.25) is 5.91 Å². The molecule has 4 rings (SSSR count). The predicted molar refractivity (Wildman–Crippen MR) is 129 cm³/mol. The lowest BCUT2D eigenvalue weighted by Gasteiger charge is -2.40. The first kappa shape index (κ1) is 22.9. The molecule has 33 heavy (non-hydrogen) atoms. The first-order valence-electron chi connectivity index (χ1n) is 11.5. The van der Waals surface area contributed by atoms with Gasteiger partial charge in [-0.2, -0.15) is 5.26 Å². The minimum Gasteiger partial charge on any atom is -0.339 e. The summed E-state index contributed by atoms with van der Waals surface area (Å²) in [6.07, 6.45) is 2.04. The fourth-order valence-corrected chi connectivity index (χ4v) is 5.04. The second-order valence-electron chi connectivity index (χ2n) is 9.25. The van der Waals surface area contributed by atoms with E-state index < -0.39 is 0 Å². The summed E-state index contributed by atoms with van der Waals surface area (Å²) in [5.41, 5.74) is 2.89. The third kappa shape index (κ3) is 4.49. The van der Waals surface area contributed by atoms with Crippen LogP contribution in [0.25, 0.3) is 10.8 Å². The van der Waals surface area contributed by atoms with Crippen molar-refractivity contribution in [2.24, 2.45) is 0 Å². The van der Waals surface area contributed by atoms with Crippen LogP contribution in [0, 0.1) is 24.1 Å². The van der Waals surface area contributed by atoms with Crippen molar-refractivity contribution in [1.29, 1.82) is 5.26 Å². The second-order valence-corrected chi connectivity index (χ2v) is 9.25. The molecule has 1 amide bonds. The van der Waals surface area contributed by atoms with E-state index in [1.54, 1.807) is 11.8 Å². The fraction of sp³-hybridized carbons (Fsp3) is 0.357. The Labute approximate surface area is 195 Å². The standard InChI is InChI=1S/C28H30FN3O/c1-19-14-23(8-9-26(19)29)28(10-12-31-13-11-28)17-27(33)32(3)20(2)25-16-21(18-30)15-22-6-4-5-7-24(22)25/h4-9,14-16,20,31H,10-13,17H2,1-3H3. The molecule has 1 unspecified atom stereocenters. The van der Waals surface area contributed by atoms with E-state index in [1.807, 2.05) is 62.5 Å². The van der Waals surface area contributed by atoms with Crippen LogP contribution in [0.15, 0.2) is 54.6 Å². The average Bonchev–Trinajstić information content (AvgIpc) is 2.84. The van der Waals surface area contributed by atoms with Crippen molar-refractivity contribution in [3.8, 4) is 6.07 Å². The first-order valence-corrected chi connectivity index (χ1v) is 11.5. The summed E-state index contributed by atoms with van der Waals surface area (Å²) in [6.45, 7) is 5.45. The van der Waals surface area contributed by atoms with Gasteiger partial charge in [0.25, 0.3) is 0 Å². The number of amides is 1. The van der Waals surface area contributed by atoms with E-state index in [0.29, 0.717) is 17.5 Å². The molecule has 1 N–H and O–H groups in total. The van der Waals surface area contributed by atoms with E-state index in [1.165, 1.54) is 6.07 Å². The van der Waals surface area contributed by atoms with Crippen molar-refractivity contribution >= 4 is 16.7 Å². The molecule has 1 aliphatic heterocycles. The van der Waals surface area contributed by atoms with Crippen LogP contribution in [-0.4, -0.2) is 30.9 Å². The van der Waals surface area contributed by atoms with Crippen LogP contribution in [0.1, 0.15) is 54.5 Å². The number of hydrogen-bond donors (Lipinski definition) is 1. The Morgan fingerprint density at radius 3 is 2.61 bits per heavy atom. The number of piperidine rings is 1. The maximum atomic E-state index is 14.0. The number of carbonyl (C=O) groups excluding carboxylic acids is 1. The van der Waals surface area contributed by atoms with Crippen LogP contribution in [0.5, 0.6) is 0 Å². The lowest BCUT2D eigenvalue weighted by atomic mass is 9.70. The van der Waals surface area contributed by atoms with E-state index in [0.717, 1.165) is 47.8 Å². The Morgan fingerprint density at radius 1 is 1.18 bits per heavy atom. The molecular weight excluding hydrogens is 413 g/mol. The minimum absolute atomic E-state index is 0.0535. The van der Waals surface area contributed by atoms with Gasteiger partial charge in [-0.15, -0.1) is 0 Å². The molecule has 4 nitrogen and oxygen atoms in total. The Balaban J connectivity index is 1.65. The van der Waals surface area contributed by atoms with Gasteiger partial charge in [0, 0.05) is 18.9 Å². The summed E-state index contributed by atoms with van der Waals surface area (Å²) < 4.78 is 14.0. The maximum Gasteiger partial charge on any atom is 0.223 e. The Bertz CT molecular complexity index is 1220. The van der Waals surface area contributed by atoms with Crippen molar-refractivity contribution < 1.29 is 9.18 Å². The summed E-state index contributed by atoms with van der Waals surface area (Å²) in [6, 6.07) is 19.1. The highest BCUT2D eigenvalue weighted by Gasteiger charge is 2.38. The van der Waals surface area contributed by atoms with E-state index in [4.69, 9.17) is 0 Å². The highest BCUT2D eigenvalue weighted by Crippen LogP contribution is 2.39. The summed E-state index contributed by atoms with van der Waals surface area (Å²) in [5, 5.41) is 14.9.